The molecule has 2 unspecified atom stereocenters. The second-order valence-corrected chi connectivity index (χ2v) is 24.9. The summed E-state index contributed by atoms with van der Waals surface area (Å²) >= 11 is -4.23. The Hall–Kier alpha value is -3.74. The molecular weight excluding hydrogens is 739 g/mol. The van der Waals surface area contributed by atoms with E-state index < -0.39 is 20.3 Å². The Morgan fingerprint density at radius 1 is 0.392 bits per heavy atom. The monoisotopic (exact) mass is 778 g/mol. The third-order valence-corrected chi connectivity index (χ3v) is 30.3. The van der Waals surface area contributed by atoms with Crippen molar-refractivity contribution in [3.8, 4) is 0 Å². The maximum Gasteiger partial charge on any atom is -1.00 e. The molecule has 0 nitrogen and oxygen atoms in total. The van der Waals surface area contributed by atoms with Gasteiger partial charge in [-0.25, -0.2) is 0 Å². The van der Waals surface area contributed by atoms with E-state index in [-0.39, 0.29) is 31.1 Å². The maximum absolute atomic E-state index is 4.23. The Morgan fingerprint density at radius 2 is 0.667 bits per heavy atom. The third kappa shape index (κ3) is 4.67. The summed E-state index contributed by atoms with van der Waals surface area (Å²) < 4.78 is 0.309. The molecule has 252 valence electrons. The van der Waals surface area contributed by atoms with Crippen LogP contribution in [-0.4, -0.2) is 0 Å². The topological polar surface area (TPSA) is 0 Å². The Morgan fingerprint density at radius 3 is 0.961 bits per heavy atom. The molecular formula is C48H42Cl2Zr. The standard InChI is InChI=1S/C26H20.2C11H11.2ClH.Zr/c1-5-13-21(14-6-1)25(22-15-7-2-8-16-22)26(23-17-9-3-10-18-23)24-19-11-4-12-20-24;2*1-2-9-7-10-5-3-4-6-11(10)8-9;;;/h1-20H;2*3-8H,2H2,1H3;2*1H;/q;;;;;+2/p-2. The summed E-state index contributed by atoms with van der Waals surface area (Å²) in [5.74, 6) is 0. The number of hydrogen-bond donors (Lipinski definition) is 0. The Bertz CT molecular complexity index is 1970. The minimum Gasteiger partial charge on any atom is -1.00 e. The van der Waals surface area contributed by atoms with Crippen molar-refractivity contribution in [3.63, 3.8) is 0 Å². The van der Waals surface area contributed by atoms with Gasteiger partial charge in [0, 0.05) is 0 Å². The van der Waals surface area contributed by atoms with Crippen molar-refractivity contribution in [3.05, 3.63) is 226 Å². The third-order valence-electron chi connectivity index (χ3n) is 12.3. The van der Waals surface area contributed by atoms with Crippen molar-refractivity contribution in [1.82, 2.24) is 0 Å². The molecule has 3 heteroatoms. The number of allylic oxidation sites excluding steroid dienone is 2. The first-order valence-electron chi connectivity index (χ1n) is 18.1. The molecule has 6 aromatic carbocycles. The van der Waals surface area contributed by atoms with E-state index >= 15 is 0 Å². The van der Waals surface area contributed by atoms with Crippen LogP contribution in [0.1, 0.15) is 78.4 Å². The van der Waals surface area contributed by atoms with Crippen molar-refractivity contribution in [2.75, 3.05) is 0 Å². The SMILES string of the molecule is CCC1=Cc2ccccc2[CH]1[Zr+2]1([CH]2C(CC)=Cc3ccccc32)[C](c2ccccc2)(c2ccccc2)[C]1(c1ccccc1)c1ccccc1.[Cl-].[Cl-]. The largest absolute Gasteiger partial charge is 1.00 e. The van der Waals surface area contributed by atoms with E-state index in [0.29, 0.717) is 7.25 Å². The number of benzene rings is 6. The average molecular weight is 781 g/mol. The first-order valence-corrected chi connectivity index (χ1v) is 23.4. The van der Waals surface area contributed by atoms with Gasteiger partial charge in [0.15, 0.2) is 0 Å². The summed E-state index contributed by atoms with van der Waals surface area (Å²) in [7, 11) is 0. The van der Waals surface area contributed by atoms with Crippen molar-refractivity contribution < 1.29 is 45.1 Å². The molecule has 1 saturated heterocycles. The van der Waals surface area contributed by atoms with Gasteiger partial charge in [0.05, 0.1) is 0 Å². The molecule has 0 saturated carbocycles. The minimum atomic E-state index is -4.23. The van der Waals surface area contributed by atoms with Crippen LogP contribution in [0.25, 0.3) is 12.2 Å². The van der Waals surface area contributed by atoms with Crippen LogP contribution in [0, 0.1) is 0 Å². The van der Waals surface area contributed by atoms with Crippen LogP contribution in [0.5, 0.6) is 0 Å². The molecule has 1 fully saturated rings. The molecule has 51 heavy (non-hydrogen) atoms. The zero-order chi connectivity index (χ0) is 33.1. The molecule has 2 atom stereocenters. The van der Waals surface area contributed by atoms with Gasteiger partial charge < -0.3 is 24.8 Å². The normalized spacial score (nSPS) is 19.1. The van der Waals surface area contributed by atoms with E-state index in [1.165, 1.54) is 33.4 Å². The molecule has 1 heterocycles. The molecule has 1 aliphatic heterocycles. The summed E-state index contributed by atoms with van der Waals surface area (Å²) in [6.45, 7) is 4.82. The molecule has 0 amide bonds. The summed E-state index contributed by atoms with van der Waals surface area (Å²) in [6.07, 6.45) is 7.29. The van der Waals surface area contributed by atoms with E-state index in [2.05, 4.69) is 196 Å². The molecule has 9 rings (SSSR count). The molecule has 0 spiro atoms. The van der Waals surface area contributed by atoms with Gasteiger partial charge >= 0.3 is 298 Å². The zero-order valence-corrected chi connectivity index (χ0v) is 33.1. The fourth-order valence-electron chi connectivity index (χ4n) is 11.0. The summed E-state index contributed by atoms with van der Waals surface area (Å²) in [5.41, 5.74) is 15.1. The van der Waals surface area contributed by atoms with Gasteiger partial charge in [0.2, 0.25) is 0 Å². The molecule has 0 N–H and O–H groups in total. The van der Waals surface area contributed by atoms with Crippen LogP contribution in [0.3, 0.4) is 0 Å². The van der Waals surface area contributed by atoms with Gasteiger partial charge in [0.1, 0.15) is 0 Å². The Labute approximate surface area is 320 Å². The van der Waals surface area contributed by atoms with Crippen LogP contribution in [0.4, 0.5) is 0 Å². The van der Waals surface area contributed by atoms with Gasteiger partial charge in [0.25, 0.3) is 0 Å². The summed E-state index contributed by atoms with van der Waals surface area (Å²) in [6, 6.07) is 65.9. The smallest absolute Gasteiger partial charge is 1.00 e. The van der Waals surface area contributed by atoms with Gasteiger partial charge in [-0.15, -0.1) is 0 Å². The van der Waals surface area contributed by atoms with E-state index in [9.17, 15) is 0 Å². The van der Waals surface area contributed by atoms with Crippen LogP contribution in [0.15, 0.2) is 181 Å². The number of rotatable bonds is 8. The van der Waals surface area contributed by atoms with E-state index in [4.69, 9.17) is 0 Å². The van der Waals surface area contributed by atoms with Crippen LogP contribution in [0.2, 0.25) is 0 Å². The summed E-state index contributed by atoms with van der Waals surface area (Å²) in [5, 5.41) is 0. The quantitative estimate of drug-likeness (QED) is 0.174. The average Bonchev–Trinajstić information content (AvgIpc) is 3.38. The fourth-order valence-corrected chi connectivity index (χ4v) is 36.9. The molecule has 6 aromatic rings. The second-order valence-electron chi connectivity index (χ2n) is 14.1. The van der Waals surface area contributed by atoms with Crippen LogP contribution in [-0.2, 0) is 26.5 Å². The van der Waals surface area contributed by atoms with Crippen molar-refractivity contribution in [2.45, 2.75) is 40.2 Å². The predicted octanol–water partition coefficient (Wildman–Crippen LogP) is 6.15. The van der Waals surface area contributed by atoms with Crippen molar-refractivity contribution >= 4 is 12.2 Å². The van der Waals surface area contributed by atoms with Gasteiger partial charge in [-0.2, -0.15) is 0 Å². The van der Waals surface area contributed by atoms with Gasteiger partial charge in [-0.3, -0.25) is 0 Å². The zero-order valence-electron chi connectivity index (χ0n) is 29.1. The fraction of sp³-hybridized carbons (Fsp3) is 0.167. The predicted molar refractivity (Wildman–Crippen MR) is 202 cm³/mol. The molecule has 0 radical (unpaired) electrons. The Kier molecular flexibility index (Phi) is 9.79. The molecule has 2 aliphatic carbocycles. The summed E-state index contributed by atoms with van der Waals surface area (Å²) in [4.78, 5) is 0. The van der Waals surface area contributed by atoms with E-state index in [1.54, 1.807) is 22.3 Å². The van der Waals surface area contributed by atoms with Crippen molar-refractivity contribution in [1.29, 1.82) is 0 Å². The van der Waals surface area contributed by atoms with E-state index in [0.717, 1.165) is 12.8 Å². The number of fused-ring (bicyclic) bond motifs is 2. The number of hydrogen-bond acceptors (Lipinski definition) is 0. The maximum atomic E-state index is 2.59. The Balaban J connectivity index is 0.00000203. The molecule has 3 aliphatic rings. The van der Waals surface area contributed by atoms with Crippen molar-refractivity contribution in [2.24, 2.45) is 0 Å². The second kappa shape index (κ2) is 14.0. The van der Waals surface area contributed by atoms with Gasteiger partial charge in [-0.05, 0) is 0 Å². The first kappa shape index (κ1) is 35.7. The van der Waals surface area contributed by atoms with Gasteiger partial charge in [-0.1, -0.05) is 0 Å². The van der Waals surface area contributed by atoms with E-state index in [1.807, 2.05) is 0 Å². The molecule has 0 aromatic heterocycles. The van der Waals surface area contributed by atoms with Crippen LogP contribution < -0.4 is 24.8 Å². The van der Waals surface area contributed by atoms with Crippen LogP contribution >= 0.6 is 0 Å². The minimum absolute atomic E-state index is 0. The molecule has 0 bridgehead atoms. The number of halogens is 2. The first-order chi connectivity index (χ1) is 24.2.